The number of nitrogens with one attached hydrogen (secondary N) is 2. The lowest BCUT2D eigenvalue weighted by molar-refractivity contribution is -0.137. The molecule has 2 N–H and O–H groups in total. The maximum Gasteiger partial charge on any atom is 0.417 e. The first-order valence-corrected chi connectivity index (χ1v) is 7.70. The molecule has 0 unspecified atom stereocenters. The average molecular weight is 381 g/mol. The van der Waals surface area contributed by atoms with Crippen LogP contribution in [0.1, 0.15) is 5.56 Å². The number of rotatable bonds is 3. The van der Waals surface area contributed by atoms with Crippen molar-refractivity contribution in [2.75, 3.05) is 5.32 Å². The van der Waals surface area contributed by atoms with Crippen LogP contribution in [-0.4, -0.2) is 14.8 Å². The number of nitrogens with zero attached hydrogens (tertiary/aromatic N) is 2. The molecule has 0 radical (unpaired) electrons. The van der Waals surface area contributed by atoms with Gasteiger partial charge in [-0.25, -0.2) is 9.67 Å². The quantitative estimate of drug-likeness (QED) is 0.734. The Hall–Kier alpha value is -3.00. The molecule has 0 saturated carbocycles. The number of aromatic amines is 1. The zero-order valence-electron chi connectivity index (χ0n) is 13.1. The van der Waals surface area contributed by atoms with Crippen molar-refractivity contribution in [1.82, 2.24) is 14.8 Å². The fraction of sp³-hybridized carbons (Fsp3) is 0.0588. The van der Waals surface area contributed by atoms with E-state index >= 15 is 0 Å². The van der Waals surface area contributed by atoms with Crippen LogP contribution in [0.2, 0.25) is 5.02 Å². The fourth-order valence-electron chi connectivity index (χ4n) is 2.24. The van der Waals surface area contributed by atoms with Gasteiger partial charge in [0.15, 0.2) is 0 Å². The molecule has 0 spiro atoms. The normalized spacial score (nSPS) is 12.4. The largest absolute Gasteiger partial charge is 0.417 e. The third-order valence-corrected chi connectivity index (χ3v) is 3.83. The summed E-state index contributed by atoms with van der Waals surface area (Å²) in [4.78, 5) is 16.2. The van der Waals surface area contributed by atoms with Gasteiger partial charge in [-0.3, -0.25) is 9.89 Å². The van der Waals surface area contributed by atoms with E-state index in [1.807, 2.05) is 6.07 Å². The minimum Gasteiger partial charge on any atom is -0.345 e. The van der Waals surface area contributed by atoms with E-state index in [1.165, 1.54) is 10.9 Å². The number of pyridine rings is 1. The van der Waals surface area contributed by atoms with Gasteiger partial charge in [0.05, 0.1) is 26.8 Å². The predicted octanol–water partition coefficient (Wildman–Crippen LogP) is 2.49. The zero-order chi connectivity index (χ0) is 18.9. The highest BCUT2D eigenvalue weighted by molar-refractivity contribution is 6.33. The van der Waals surface area contributed by atoms with Crippen LogP contribution in [0, 0.1) is 0 Å². The number of aromatic nitrogens is 3. The molecule has 0 atom stereocenters. The standard InChI is InChI=1S/C17H12ClF3N4O/c1-10-13(16(26)25(24-10)12-5-3-2-4-6-12)9-23-15-14(18)7-11(8-22-15)17(19,20)21/h2-9,24H,1H2,(H,22,23)/b13-9-. The van der Waals surface area contributed by atoms with Crippen molar-refractivity contribution in [2.24, 2.45) is 0 Å². The van der Waals surface area contributed by atoms with E-state index in [0.29, 0.717) is 17.2 Å². The molecule has 5 nitrogen and oxygen atoms in total. The number of H-pyrrole nitrogens is 1. The molecule has 0 aliphatic rings. The Labute approximate surface area is 150 Å². The van der Waals surface area contributed by atoms with E-state index < -0.39 is 11.7 Å². The van der Waals surface area contributed by atoms with Crippen molar-refractivity contribution in [3.8, 4) is 5.69 Å². The molecule has 2 heterocycles. The summed E-state index contributed by atoms with van der Waals surface area (Å²) in [5.74, 6) is -0.00840. The molecule has 134 valence electrons. The number of anilines is 1. The third-order valence-electron chi connectivity index (χ3n) is 3.54. The molecule has 0 aliphatic carbocycles. The predicted molar refractivity (Wildman–Crippen MR) is 93.5 cm³/mol. The second kappa shape index (κ2) is 6.72. The van der Waals surface area contributed by atoms with Crippen LogP contribution in [0.3, 0.4) is 0 Å². The van der Waals surface area contributed by atoms with Gasteiger partial charge in [0.25, 0.3) is 5.56 Å². The average Bonchev–Trinajstić information content (AvgIpc) is 2.88. The second-order valence-electron chi connectivity index (χ2n) is 5.32. The van der Waals surface area contributed by atoms with E-state index in [-0.39, 0.29) is 21.6 Å². The van der Waals surface area contributed by atoms with Crippen molar-refractivity contribution in [3.05, 3.63) is 74.1 Å². The summed E-state index contributed by atoms with van der Waals surface area (Å²) in [6.45, 7) is 3.76. The minimum atomic E-state index is -4.54. The summed E-state index contributed by atoms with van der Waals surface area (Å²) in [6, 6.07) is 9.61. The maximum absolute atomic E-state index is 12.6. The fourth-order valence-corrected chi connectivity index (χ4v) is 2.46. The molecule has 0 fully saturated rings. The minimum absolute atomic E-state index is 0.00840. The summed E-state index contributed by atoms with van der Waals surface area (Å²) in [7, 11) is 0. The van der Waals surface area contributed by atoms with Crippen LogP contribution in [-0.2, 0) is 6.18 Å². The van der Waals surface area contributed by atoms with E-state index in [0.717, 1.165) is 6.07 Å². The van der Waals surface area contributed by atoms with Crippen LogP contribution in [0.25, 0.3) is 18.5 Å². The van der Waals surface area contributed by atoms with Crippen molar-refractivity contribution in [1.29, 1.82) is 0 Å². The Bertz CT molecular complexity index is 1100. The molecular weight excluding hydrogens is 369 g/mol. The summed E-state index contributed by atoms with van der Waals surface area (Å²) in [5.41, 5.74) is -0.719. The van der Waals surface area contributed by atoms with E-state index in [1.54, 1.807) is 24.3 Å². The van der Waals surface area contributed by atoms with Gasteiger partial charge in [-0.05, 0) is 18.2 Å². The van der Waals surface area contributed by atoms with Crippen molar-refractivity contribution in [2.45, 2.75) is 6.18 Å². The second-order valence-corrected chi connectivity index (χ2v) is 5.73. The van der Waals surface area contributed by atoms with Gasteiger partial charge >= 0.3 is 6.18 Å². The zero-order valence-corrected chi connectivity index (χ0v) is 13.9. The molecule has 2 aromatic heterocycles. The molecule has 0 saturated heterocycles. The maximum atomic E-state index is 12.6. The lowest BCUT2D eigenvalue weighted by Crippen LogP contribution is -2.34. The third kappa shape index (κ3) is 3.50. The molecule has 26 heavy (non-hydrogen) atoms. The van der Waals surface area contributed by atoms with Crippen LogP contribution in [0.4, 0.5) is 19.0 Å². The molecule has 1 aromatic carbocycles. The molecule has 3 rings (SSSR count). The number of hydrogen-bond donors (Lipinski definition) is 2. The Balaban J connectivity index is 1.97. The Morgan fingerprint density at radius 3 is 2.58 bits per heavy atom. The highest BCUT2D eigenvalue weighted by atomic mass is 35.5. The molecule has 0 bridgehead atoms. The summed E-state index contributed by atoms with van der Waals surface area (Å²) in [6.07, 6.45) is -2.59. The summed E-state index contributed by atoms with van der Waals surface area (Å²) < 4.78 is 39.2. The number of hydrogen-bond acceptors (Lipinski definition) is 3. The van der Waals surface area contributed by atoms with Crippen LogP contribution < -0.4 is 21.4 Å². The monoisotopic (exact) mass is 380 g/mol. The molecule has 3 aromatic rings. The topological polar surface area (TPSA) is 62.7 Å². The van der Waals surface area contributed by atoms with Crippen LogP contribution in [0.5, 0.6) is 0 Å². The van der Waals surface area contributed by atoms with Gasteiger partial charge in [-0.1, -0.05) is 36.4 Å². The summed E-state index contributed by atoms with van der Waals surface area (Å²) >= 11 is 5.83. The SMILES string of the molecule is C=c1[nH]n(-c2ccccc2)c(=O)/c1=C\Nc1ncc(C(F)(F)F)cc1Cl. The van der Waals surface area contributed by atoms with E-state index in [2.05, 4.69) is 22.0 Å². The van der Waals surface area contributed by atoms with E-state index in [9.17, 15) is 18.0 Å². The molecule has 9 heteroatoms. The van der Waals surface area contributed by atoms with Crippen LogP contribution >= 0.6 is 11.6 Å². The first kappa shape index (κ1) is 17.8. The van der Waals surface area contributed by atoms with Gasteiger partial charge < -0.3 is 5.32 Å². The number of halogens is 4. The lowest BCUT2D eigenvalue weighted by atomic mass is 10.3. The number of para-hydroxylation sites is 1. The van der Waals surface area contributed by atoms with Gasteiger partial charge in [-0.15, -0.1) is 0 Å². The number of benzene rings is 1. The van der Waals surface area contributed by atoms with Gasteiger partial charge in [0, 0.05) is 12.4 Å². The van der Waals surface area contributed by atoms with Gasteiger partial charge in [-0.2, -0.15) is 13.2 Å². The Kier molecular flexibility index (Phi) is 4.60. The lowest BCUT2D eigenvalue weighted by Gasteiger charge is -2.08. The van der Waals surface area contributed by atoms with Crippen LogP contribution in [0.15, 0.2) is 47.4 Å². The molecular formula is C17H12ClF3N4O. The van der Waals surface area contributed by atoms with Crippen molar-refractivity contribution >= 4 is 30.2 Å². The van der Waals surface area contributed by atoms with E-state index in [4.69, 9.17) is 11.6 Å². The molecule has 0 aliphatic heterocycles. The van der Waals surface area contributed by atoms with Gasteiger partial charge in [0.1, 0.15) is 5.82 Å². The smallest absolute Gasteiger partial charge is 0.345 e. The first-order chi connectivity index (χ1) is 12.3. The molecule has 0 amide bonds. The van der Waals surface area contributed by atoms with Crippen molar-refractivity contribution in [3.63, 3.8) is 0 Å². The highest BCUT2D eigenvalue weighted by Gasteiger charge is 2.31. The number of alkyl halides is 3. The first-order valence-electron chi connectivity index (χ1n) is 7.32. The Morgan fingerprint density at radius 1 is 1.27 bits per heavy atom. The van der Waals surface area contributed by atoms with Gasteiger partial charge in [0.2, 0.25) is 0 Å². The highest BCUT2D eigenvalue weighted by Crippen LogP contribution is 2.32. The summed E-state index contributed by atoms with van der Waals surface area (Å²) in [5, 5.41) is 5.78. The Morgan fingerprint density at radius 2 is 1.96 bits per heavy atom. The van der Waals surface area contributed by atoms with Crippen molar-refractivity contribution < 1.29 is 13.2 Å².